The average Bonchev–Trinajstić information content (AvgIpc) is 4.05. The maximum Gasteiger partial charge on any atom is 0.407 e. The van der Waals surface area contributed by atoms with E-state index in [9.17, 15) is 19.2 Å². The highest BCUT2D eigenvalue weighted by Gasteiger charge is 2.40. The number of aromatic amines is 2. The second-order valence-electron chi connectivity index (χ2n) is 15.1. The minimum Gasteiger partial charge on any atom is -0.453 e. The molecule has 2 aromatic heterocycles. The van der Waals surface area contributed by atoms with Crippen LogP contribution in [0.3, 0.4) is 0 Å². The number of carbonyl (C=O) groups is 4. The van der Waals surface area contributed by atoms with Gasteiger partial charge < -0.3 is 39.9 Å². The quantitative estimate of drug-likeness (QED) is 0.145. The molecular formula is C41H50N8O6. The zero-order valence-electron chi connectivity index (χ0n) is 31.8. The van der Waals surface area contributed by atoms with E-state index in [0.717, 1.165) is 83.8 Å². The molecule has 2 aliphatic heterocycles. The van der Waals surface area contributed by atoms with E-state index < -0.39 is 18.2 Å². The van der Waals surface area contributed by atoms with Crippen molar-refractivity contribution in [2.75, 3.05) is 27.3 Å². The third kappa shape index (κ3) is 8.08. The molecule has 4 aromatic rings. The second-order valence-corrected chi connectivity index (χ2v) is 15.1. The van der Waals surface area contributed by atoms with Gasteiger partial charge in [0.1, 0.15) is 17.7 Å². The molecule has 4 amide bonds. The molecule has 290 valence electrons. The predicted molar refractivity (Wildman–Crippen MR) is 205 cm³/mol. The molecule has 55 heavy (non-hydrogen) atoms. The first-order valence-electron chi connectivity index (χ1n) is 19.2. The van der Waals surface area contributed by atoms with E-state index in [1.54, 1.807) is 6.20 Å². The van der Waals surface area contributed by atoms with Crippen LogP contribution in [0.5, 0.6) is 0 Å². The number of nitrogens with zero attached hydrogens (tertiary/aromatic N) is 4. The number of H-pyrrole nitrogens is 2. The summed E-state index contributed by atoms with van der Waals surface area (Å²) in [5.41, 5.74) is 5.90. The van der Waals surface area contributed by atoms with E-state index in [4.69, 9.17) is 14.5 Å². The molecule has 1 aliphatic carbocycles. The van der Waals surface area contributed by atoms with Crippen LogP contribution in [0.2, 0.25) is 0 Å². The van der Waals surface area contributed by atoms with Gasteiger partial charge in [-0.3, -0.25) is 9.59 Å². The molecule has 14 nitrogen and oxygen atoms in total. The molecule has 2 aromatic carbocycles. The van der Waals surface area contributed by atoms with Gasteiger partial charge >= 0.3 is 12.2 Å². The van der Waals surface area contributed by atoms with Crippen molar-refractivity contribution in [3.05, 3.63) is 72.6 Å². The fourth-order valence-electron chi connectivity index (χ4n) is 8.29. The van der Waals surface area contributed by atoms with Crippen molar-refractivity contribution in [2.45, 2.75) is 83.0 Å². The summed E-state index contributed by atoms with van der Waals surface area (Å²) < 4.78 is 9.48. The van der Waals surface area contributed by atoms with Crippen LogP contribution < -0.4 is 10.6 Å². The highest BCUT2D eigenvalue weighted by Crippen LogP contribution is 2.37. The van der Waals surface area contributed by atoms with Crippen LogP contribution in [0.1, 0.15) is 82.5 Å². The van der Waals surface area contributed by atoms with Crippen LogP contribution in [0.15, 0.2) is 60.9 Å². The normalized spacial score (nSPS) is 21.5. The van der Waals surface area contributed by atoms with Crippen molar-refractivity contribution in [2.24, 2.45) is 11.8 Å². The van der Waals surface area contributed by atoms with Gasteiger partial charge in [-0.2, -0.15) is 0 Å². The molecule has 1 unspecified atom stereocenters. The van der Waals surface area contributed by atoms with E-state index in [-0.39, 0.29) is 41.8 Å². The molecule has 4 N–H and O–H groups in total. The molecule has 0 radical (unpaired) electrons. The van der Waals surface area contributed by atoms with Crippen LogP contribution in [-0.2, 0) is 19.1 Å². The Hall–Kier alpha value is -5.66. The maximum absolute atomic E-state index is 13.6. The first-order chi connectivity index (χ1) is 26.6. The first-order valence-corrected chi connectivity index (χ1v) is 19.2. The van der Waals surface area contributed by atoms with E-state index >= 15 is 0 Å². The minimum absolute atomic E-state index is 0.0419. The van der Waals surface area contributed by atoms with Gasteiger partial charge in [0.2, 0.25) is 11.8 Å². The Morgan fingerprint density at radius 2 is 1.22 bits per heavy atom. The highest BCUT2D eigenvalue weighted by atomic mass is 16.5. The molecule has 3 fully saturated rings. The molecule has 0 bridgehead atoms. The zero-order chi connectivity index (χ0) is 38.6. The van der Waals surface area contributed by atoms with E-state index in [2.05, 4.69) is 74.1 Å². The van der Waals surface area contributed by atoms with Crippen LogP contribution in [0.4, 0.5) is 9.59 Å². The van der Waals surface area contributed by atoms with Gasteiger partial charge in [-0.15, -0.1) is 0 Å². The maximum atomic E-state index is 13.6. The Kier molecular flexibility index (Phi) is 11.2. The fourth-order valence-corrected chi connectivity index (χ4v) is 8.29. The summed E-state index contributed by atoms with van der Waals surface area (Å²) in [6, 6.07) is 15.6. The Morgan fingerprint density at radius 3 is 1.75 bits per heavy atom. The van der Waals surface area contributed by atoms with Gasteiger partial charge in [-0.1, -0.05) is 62.4 Å². The smallest absolute Gasteiger partial charge is 0.407 e. The molecule has 5 atom stereocenters. The van der Waals surface area contributed by atoms with Crippen molar-refractivity contribution in [3.8, 4) is 33.6 Å². The summed E-state index contributed by atoms with van der Waals surface area (Å²) in [5, 5.41) is 5.54. The van der Waals surface area contributed by atoms with Gasteiger partial charge in [-0.25, -0.2) is 19.6 Å². The van der Waals surface area contributed by atoms with Gasteiger partial charge in [0.05, 0.1) is 50.1 Å². The van der Waals surface area contributed by atoms with E-state index in [1.165, 1.54) is 14.2 Å². The number of benzene rings is 2. The van der Waals surface area contributed by atoms with Crippen LogP contribution in [0.25, 0.3) is 33.6 Å². The standard InChI is InChI=1S/C41H50N8O6/c1-24(2)35(47-41(53)55-4)39(51)49-20-6-8-34(49)37-43-23-32(46-37)28-15-11-26(12-16-28)25-9-13-27(14-10-25)31-22-42-36(45-31)33-7-5-19-48(33)38(50)29-17-18-30(21-29)44-40(52)54-3/h9-16,22-24,29-30,33-35H,5-8,17-21H2,1-4H3,(H,42,45)(H,43,46)(H,44,52)(H,47,53)/t29?,30-,33-,34-,35-/m0/s1. The van der Waals surface area contributed by atoms with Gasteiger partial charge in [-0.05, 0) is 73.1 Å². The minimum atomic E-state index is -0.683. The van der Waals surface area contributed by atoms with Gasteiger partial charge in [0.15, 0.2) is 0 Å². The topological polar surface area (TPSA) is 175 Å². The molecule has 14 heteroatoms. The predicted octanol–water partition coefficient (Wildman–Crippen LogP) is 6.37. The van der Waals surface area contributed by atoms with Crippen LogP contribution in [0, 0.1) is 11.8 Å². The Labute approximate surface area is 320 Å². The van der Waals surface area contributed by atoms with E-state index in [0.29, 0.717) is 19.5 Å². The summed E-state index contributed by atoms with van der Waals surface area (Å²) in [4.78, 5) is 70.8. The molecule has 1 saturated carbocycles. The summed E-state index contributed by atoms with van der Waals surface area (Å²) in [6.07, 6.45) is 8.14. The number of nitrogens with one attached hydrogen (secondary N) is 4. The van der Waals surface area contributed by atoms with Crippen molar-refractivity contribution in [1.29, 1.82) is 0 Å². The Balaban J connectivity index is 0.976. The fraction of sp³-hybridized carbons (Fsp3) is 0.463. The number of imidazole rings is 2. The molecule has 2 saturated heterocycles. The SMILES string of the molecule is COC(=O)N[C@H]1CCC(C(=O)N2CCC[C@H]2c2ncc(-c3ccc(-c4ccc(-c5cnc([C@@H]6CCCN6C(=O)[C@@H](NC(=O)OC)C(C)C)[nH]5)cc4)cc3)[nH]2)C1. The molecule has 3 aliphatic rings. The monoisotopic (exact) mass is 750 g/mol. The number of likely N-dealkylation sites (tertiary alicyclic amines) is 2. The Morgan fingerprint density at radius 1 is 0.709 bits per heavy atom. The third-order valence-corrected chi connectivity index (χ3v) is 11.3. The van der Waals surface area contributed by atoms with E-state index in [1.807, 2.05) is 29.8 Å². The molecule has 0 spiro atoms. The highest BCUT2D eigenvalue weighted by molar-refractivity contribution is 5.86. The number of alkyl carbamates (subject to hydrolysis) is 2. The summed E-state index contributed by atoms with van der Waals surface area (Å²) in [6.45, 7) is 5.11. The lowest BCUT2D eigenvalue weighted by molar-refractivity contribution is -0.136. The Bertz CT molecular complexity index is 1990. The summed E-state index contributed by atoms with van der Waals surface area (Å²) in [7, 11) is 2.64. The number of aromatic nitrogens is 4. The molecule has 7 rings (SSSR count). The number of hydrogen-bond acceptors (Lipinski definition) is 8. The second kappa shape index (κ2) is 16.4. The van der Waals surface area contributed by atoms with Crippen molar-refractivity contribution < 1.29 is 28.7 Å². The lowest BCUT2D eigenvalue weighted by atomic mass is 10.0. The molecular weight excluding hydrogens is 701 g/mol. The zero-order valence-corrected chi connectivity index (χ0v) is 31.8. The molecule has 4 heterocycles. The van der Waals surface area contributed by atoms with Crippen molar-refractivity contribution in [3.63, 3.8) is 0 Å². The van der Waals surface area contributed by atoms with Gasteiger partial charge in [0, 0.05) is 25.0 Å². The lowest BCUT2D eigenvalue weighted by Gasteiger charge is -2.30. The lowest BCUT2D eigenvalue weighted by Crippen LogP contribution is -2.51. The van der Waals surface area contributed by atoms with Crippen LogP contribution in [-0.4, -0.2) is 93.1 Å². The van der Waals surface area contributed by atoms with Crippen molar-refractivity contribution >= 4 is 24.0 Å². The largest absolute Gasteiger partial charge is 0.453 e. The van der Waals surface area contributed by atoms with Crippen molar-refractivity contribution in [1.82, 2.24) is 40.4 Å². The summed E-state index contributed by atoms with van der Waals surface area (Å²) in [5.74, 6) is 1.31. The first kappa shape index (κ1) is 37.6. The number of ether oxygens (including phenoxy) is 2. The summed E-state index contributed by atoms with van der Waals surface area (Å²) >= 11 is 0. The number of carbonyl (C=O) groups excluding carboxylic acids is 4. The average molecular weight is 751 g/mol. The van der Waals surface area contributed by atoms with Gasteiger partial charge in [0.25, 0.3) is 0 Å². The third-order valence-electron chi connectivity index (χ3n) is 11.3. The number of rotatable bonds is 10. The number of amides is 4. The van der Waals surface area contributed by atoms with Crippen LogP contribution >= 0.6 is 0 Å². The number of hydrogen-bond donors (Lipinski definition) is 4. The number of methoxy groups -OCH3 is 2.